The molecule has 3 rings (SSSR count). The molecule has 0 amide bonds. The second-order valence-electron chi connectivity index (χ2n) is 4.71. The van der Waals surface area contributed by atoms with Gasteiger partial charge in [0.2, 0.25) is 0 Å². The lowest BCUT2D eigenvalue weighted by atomic mass is 9.89. The summed E-state index contributed by atoms with van der Waals surface area (Å²) in [5, 5.41) is 5.61. The Kier molecular flexibility index (Phi) is 2.71. The smallest absolute Gasteiger partial charge is 0.103 e. The van der Waals surface area contributed by atoms with Crippen LogP contribution >= 0.6 is 11.5 Å². The van der Waals surface area contributed by atoms with Crippen molar-refractivity contribution in [3.8, 4) is 0 Å². The Morgan fingerprint density at radius 2 is 2.62 bits per heavy atom. The Labute approximate surface area is 99.8 Å². The predicted molar refractivity (Wildman–Crippen MR) is 63.7 cm³/mol. The first-order valence-corrected chi connectivity index (χ1v) is 6.60. The van der Waals surface area contributed by atoms with Gasteiger partial charge in [0, 0.05) is 25.0 Å². The summed E-state index contributed by atoms with van der Waals surface area (Å²) in [5.41, 5.74) is 1.08. The number of hydrogen-bond donors (Lipinski definition) is 1. The number of ether oxygens (including phenoxy) is 1. The normalized spacial score (nSPS) is 35.9. The number of rotatable bonds is 1. The Balaban J connectivity index is 1.89. The van der Waals surface area contributed by atoms with Gasteiger partial charge in [-0.1, -0.05) is 0 Å². The largest absolute Gasteiger partial charge is 0.370 e. The molecule has 0 saturated carbocycles. The molecule has 2 unspecified atom stereocenters. The molecule has 4 nitrogen and oxygen atoms in total. The van der Waals surface area contributed by atoms with Gasteiger partial charge in [-0.15, -0.1) is 0 Å². The summed E-state index contributed by atoms with van der Waals surface area (Å²) in [6.07, 6.45) is 1.10. The Bertz CT molecular complexity index is 352. The molecule has 3 heterocycles. The Morgan fingerprint density at radius 3 is 3.31 bits per heavy atom. The van der Waals surface area contributed by atoms with E-state index >= 15 is 0 Å². The van der Waals surface area contributed by atoms with Crippen LogP contribution in [0.25, 0.3) is 0 Å². The van der Waals surface area contributed by atoms with Gasteiger partial charge in [0.1, 0.15) is 5.60 Å². The minimum Gasteiger partial charge on any atom is -0.370 e. The van der Waals surface area contributed by atoms with Crippen LogP contribution in [-0.4, -0.2) is 48.2 Å². The molecule has 1 aromatic heterocycles. The first-order chi connectivity index (χ1) is 7.80. The van der Waals surface area contributed by atoms with Crippen molar-refractivity contribution in [2.24, 2.45) is 0 Å². The maximum Gasteiger partial charge on any atom is 0.103 e. The van der Waals surface area contributed by atoms with Crippen LogP contribution in [0.15, 0.2) is 11.4 Å². The van der Waals surface area contributed by atoms with E-state index in [1.807, 2.05) is 5.38 Å². The molecule has 1 N–H and O–H groups in total. The topological polar surface area (TPSA) is 37.4 Å². The number of nitrogens with one attached hydrogen (secondary N) is 1. The van der Waals surface area contributed by atoms with Gasteiger partial charge < -0.3 is 15.0 Å². The maximum absolute atomic E-state index is 6.09. The number of likely N-dealkylation sites (N-methyl/N-ethyl adjacent to an activating group) is 1. The summed E-state index contributed by atoms with van der Waals surface area (Å²) in [7, 11) is 2.16. The highest BCUT2D eigenvalue weighted by molar-refractivity contribution is 7.03. The molecule has 2 saturated heterocycles. The third-order valence-electron chi connectivity index (χ3n) is 3.57. The van der Waals surface area contributed by atoms with Crippen LogP contribution < -0.4 is 5.32 Å². The molecule has 2 aliphatic heterocycles. The van der Waals surface area contributed by atoms with E-state index in [1.54, 1.807) is 0 Å². The molecule has 5 heteroatoms. The van der Waals surface area contributed by atoms with Crippen molar-refractivity contribution in [3.05, 3.63) is 17.1 Å². The van der Waals surface area contributed by atoms with E-state index in [-0.39, 0.29) is 11.6 Å². The molecule has 0 aliphatic carbocycles. The summed E-state index contributed by atoms with van der Waals surface area (Å²) in [4.78, 5) is 2.34. The van der Waals surface area contributed by atoms with Crippen molar-refractivity contribution in [2.75, 3.05) is 33.3 Å². The van der Waals surface area contributed by atoms with Gasteiger partial charge in [-0.25, -0.2) is 0 Å². The Morgan fingerprint density at radius 1 is 1.69 bits per heavy atom. The van der Waals surface area contributed by atoms with Crippen molar-refractivity contribution in [1.29, 1.82) is 0 Å². The van der Waals surface area contributed by atoms with Gasteiger partial charge in [-0.2, -0.15) is 4.37 Å². The molecule has 16 heavy (non-hydrogen) atoms. The fraction of sp³-hybridized carbons (Fsp3) is 0.727. The van der Waals surface area contributed by atoms with Crippen molar-refractivity contribution in [3.63, 3.8) is 0 Å². The number of nitrogens with zero attached hydrogens (tertiary/aromatic N) is 2. The Hall–Kier alpha value is -0.490. The summed E-state index contributed by atoms with van der Waals surface area (Å²) < 4.78 is 10.6. The molecule has 0 aromatic carbocycles. The minimum atomic E-state index is -0.0545. The molecule has 1 aromatic rings. The van der Waals surface area contributed by atoms with Crippen LogP contribution in [0, 0.1) is 0 Å². The summed E-state index contributed by atoms with van der Waals surface area (Å²) >= 11 is 1.52. The zero-order valence-corrected chi connectivity index (χ0v) is 10.3. The van der Waals surface area contributed by atoms with Crippen molar-refractivity contribution in [1.82, 2.24) is 14.6 Å². The average Bonchev–Trinajstić information content (AvgIpc) is 2.90. The van der Waals surface area contributed by atoms with Crippen molar-refractivity contribution in [2.45, 2.75) is 18.1 Å². The molecule has 0 bridgehead atoms. The van der Waals surface area contributed by atoms with Crippen LogP contribution in [0.2, 0.25) is 0 Å². The van der Waals surface area contributed by atoms with E-state index in [2.05, 4.69) is 27.7 Å². The van der Waals surface area contributed by atoms with Crippen LogP contribution in [0.3, 0.4) is 0 Å². The van der Waals surface area contributed by atoms with E-state index in [1.165, 1.54) is 11.5 Å². The predicted octanol–water partition coefficient (Wildman–Crippen LogP) is 0.878. The van der Waals surface area contributed by atoms with Gasteiger partial charge in [0.15, 0.2) is 0 Å². The number of morpholine rings is 1. The van der Waals surface area contributed by atoms with Crippen LogP contribution in [0.5, 0.6) is 0 Å². The second-order valence-corrected chi connectivity index (χ2v) is 5.38. The molecule has 2 aliphatic rings. The highest BCUT2D eigenvalue weighted by atomic mass is 32.1. The monoisotopic (exact) mass is 239 g/mol. The van der Waals surface area contributed by atoms with E-state index < -0.39 is 0 Å². The molecule has 1 spiro atoms. The fourth-order valence-electron chi connectivity index (χ4n) is 2.82. The lowest BCUT2D eigenvalue weighted by Crippen LogP contribution is -2.53. The second kappa shape index (κ2) is 4.07. The first-order valence-electron chi connectivity index (χ1n) is 5.76. The van der Waals surface area contributed by atoms with Crippen LogP contribution in [0.1, 0.15) is 18.2 Å². The maximum atomic E-state index is 6.09. The van der Waals surface area contributed by atoms with Gasteiger partial charge in [0.25, 0.3) is 0 Å². The van der Waals surface area contributed by atoms with Crippen molar-refractivity contribution >= 4 is 11.5 Å². The lowest BCUT2D eigenvalue weighted by Gasteiger charge is -2.41. The zero-order chi connectivity index (χ0) is 11.0. The quantitative estimate of drug-likeness (QED) is 0.789. The third kappa shape index (κ3) is 1.68. The first kappa shape index (κ1) is 10.7. The molecule has 2 atom stereocenters. The minimum absolute atomic E-state index is 0.0545. The molecule has 2 fully saturated rings. The summed E-state index contributed by atoms with van der Waals surface area (Å²) in [6.45, 7) is 3.85. The number of hydrogen-bond acceptors (Lipinski definition) is 5. The SMILES string of the molecule is CN1CCC2(C1)OCCNC2c1ccsn1. The van der Waals surface area contributed by atoms with Gasteiger partial charge in [-0.05, 0) is 31.1 Å². The molecular formula is C11H17N3OS. The van der Waals surface area contributed by atoms with E-state index in [9.17, 15) is 0 Å². The average molecular weight is 239 g/mol. The highest BCUT2D eigenvalue weighted by Crippen LogP contribution is 2.38. The molecule has 0 radical (unpaired) electrons. The van der Waals surface area contributed by atoms with Crippen molar-refractivity contribution < 1.29 is 4.74 Å². The summed E-state index contributed by atoms with van der Waals surface area (Å²) in [5.74, 6) is 0. The lowest BCUT2D eigenvalue weighted by molar-refractivity contribution is -0.0897. The van der Waals surface area contributed by atoms with E-state index in [0.29, 0.717) is 0 Å². The van der Waals surface area contributed by atoms with Crippen LogP contribution in [0.4, 0.5) is 0 Å². The number of aromatic nitrogens is 1. The zero-order valence-electron chi connectivity index (χ0n) is 9.48. The van der Waals surface area contributed by atoms with Crippen LogP contribution in [-0.2, 0) is 4.74 Å². The van der Waals surface area contributed by atoms with E-state index in [4.69, 9.17) is 4.74 Å². The van der Waals surface area contributed by atoms with E-state index in [0.717, 1.165) is 38.4 Å². The molecular weight excluding hydrogens is 222 g/mol. The summed E-state index contributed by atoms with van der Waals surface area (Å²) in [6, 6.07) is 2.37. The standard InChI is InChI=1S/C11H17N3OS/c1-14-5-3-11(8-14)10(12-4-6-15-11)9-2-7-16-13-9/h2,7,10,12H,3-6,8H2,1H3. The van der Waals surface area contributed by atoms with Gasteiger partial charge >= 0.3 is 0 Å². The van der Waals surface area contributed by atoms with Gasteiger partial charge in [0.05, 0.1) is 18.3 Å². The van der Waals surface area contributed by atoms with Gasteiger partial charge in [-0.3, -0.25) is 0 Å². The molecule has 88 valence electrons. The fourth-order valence-corrected chi connectivity index (χ4v) is 3.37. The third-order valence-corrected chi connectivity index (χ3v) is 4.15. The number of likely N-dealkylation sites (tertiary alicyclic amines) is 1. The highest BCUT2D eigenvalue weighted by Gasteiger charge is 2.47.